The van der Waals surface area contributed by atoms with E-state index in [1.54, 1.807) is 15.4 Å². The van der Waals surface area contributed by atoms with E-state index in [1.807, 2.05) is 13.2 Å². The number of carbonyl (C=O) groups is 1. The van der Waals surface area contributed by atoms with E-state index in [0.717, 1.165) is 24.4 Å². The van der Waals surface area contributed by atoms with E-state index in [2.05, 4.69) is 15.3 Å². The lowest BCUT2D eigenvalue weighted by Gasteiger charge is -2.01. The van der Waals surface area contributed by atoms with Gasteiger partial charge in [0.1, 0.15) is 17.5 Å². The number of hydrogen-bond donors (Lipinski definition) is 1. The molecule has 0 saturated carbocycles. The minimum atomic E-state index is -0.764. The Labute approximate surface area is 121 Å². The maximum Gasteiger partial charge on any atom is 0.303 e. The van der Waals surface area contributed by atoms with Crippen LogP contribution in [-0.4, -0.2) is 35.6 Å². The van der Waals surface area contributed by atoms with Crippen molar-refractivity contribution in [1.82, 2.24) is 24.5 Å². The first-order chi connectivity index (χ1) is 9.56. The monoisotopic (exact) mass is 297 g/mol. The summed E-state index contributed by atoms with van der Waals surface area (Å²) in [5.41, 5.74) is 0.857. The molecule has 0 bridgehead atoms. The summed E-state index contributed by atoms with van der Waals surface area (Å²) in [6, 6.07) is 0. The van der Waals surface area contributed by atoms with Gasteiger partial charge in [-0.25, -0.2) is 9.67 Å². The molecule has 2 aromatic heterocycles. The van der Waals surface area contributed by atoms with Crippen molar-refractivity contribution in [2.45, 2.75) is 32.2 Å². The molecule has 0 unspecified atom stereocenters. The van der Waals surface area contributed by atoms with Crippen LogP contribution in [0.3, 0.4) is 0 Å². The highest BCUT2D eigenvalue weighted by Crippen LogP contribution is 2.10. The average Bonchev–Trinajstić information content (AvgIpc) is 2.97. The van der Waals surface area contributed by atoms with Crippen molar-refractivity contribution in [1.29, 1.82) is 0 Å². The number of unbranched alkanes of at least 4 members (excludes halogenated alkanes) is 1. The summed E-state index contributed by atoms with van der Waals surface area (Å²) in [6.07, 6.45) is 5.81. The van der Waals surface area contributed by atoms with E-state index < -0.39 is 5.97 Å². The van der Waals surface area contributed by atoms with Gasteiger partial charge in [-0.3, -0.25) is 4.79 Å². The Balaban J connectivity index is 1.86. The minimum Gasteiger partial charge on any atom is -0.481 e. The van der Waals surface area contributed by atoms with Crippen LogP contribution < -0.4 is 0 Å². The van der Waals surface area contributed by atoms with Crippen molar-refractivity contribution < 1.29 is 9.90 Å². The van der Waals surface area contributed by atoms with E-state index in [4.69, 9.17) is 16.7 Å². The maximum absolute atomic E-state index is 10.4. The van der Waals surface area contributed by atoms with Crippen molar-refractivity contribution in [3.63, 3.8) is 0 Å². The second kappa shape index (κ2) is 6.51. The molecule has 0 spiro atoms. The number of hydrogen-bond acceptors (Lipinski definition) is 4. The third kappa shape index (κ3) is 3.80. The molecule has 0 aliphatic carbocycles. The molecule has 8 heteroatoms. The zero-order valence-corrected chi connectivity index (χ0v) is 11.9. The van der Waals surface area contributed by atoms with Crippen LogP contribution in [0.25, 0.3) is 0 Å². The molecular formula is C12H16ClN5O2. The van der Waals surface area contributed by atoms with Gasteiger partial charge in [-0.1, -0.05) is 16.8 Å². The summed E-state index contributed by atoms with van der Waals surface area (Å²) >= 11 is 5.92. The summed E-state index contributed by atoms with van der Waals surface area (Å²) in [7, 11) is 1.84. The predicted octanol–water partition coefficient (Wildman–Crippen LogP) is 1.51. The van der Waals surface area contributed by atoms with Gasteiger partial charge in [0.25, 0.3) is 0 Å². The first-order valence-electron chi connectivity index (χ1n) is 6.33. The summed E-state index contributed by atoms with van der Waals surface area (Å²) in [5, 5.41) is 17.2. The fourth-order valence-electron chi connectivity index (χ4n) is 1.83. The Morgan fingerprint density at radius 3 is 2.90 bits per heavy atom. The zero-order chi connectivity index (χ0) is 14.5. The van der Waals surface area contributed by atoms with Crippen LogP contribution >= 0.6 is 11.6 Å². The van der Waals surface area contributed by atoms with Gasteiger partial charge in [0.2, 0.25) is 0 Å². The Hall–Kier alpha value is -1.89. The molecule has 0 radical (unpaired) electrons. The Morgan fingerprint density at radius 2 is 2.25 bits per heavy atom. The molecule has 0 fully saturated rings. The fraction of sp³-hybridized carbons (Fsp3) is 0.500. The second-order valence-corrected chi connectivity index (χ2v) is 4.95. The molecule has 2 aromatic rings. The van der Waals surface area contributed by atoms with Crippen LogP contribution in [0.2, 0.25) is 5.15 Å². The molecule has 0 saturated heterocycles. The fourth-order valence-corrected chi connectivity index (χ4v) is 1.98. The van der Waals surface area contributed by atoms with Crippen LogP contribution in [0, 0.1) is 0 Å². The number of halogens is 1. The lowest BCUT2D eigenvalue weighted by atomic mass is 10.1. The molecule has 2 rings (SSSR count). The molecule has 1 N–H and O–H groups in total. The van der Waals surface area contributed by atoms with Crippen LogP contribution in [-0.2, 0) is 24.8 Å². The molecule has 108 valence electrons. The first kappa shape index (κ1) is 14.5. The molecule has 0 atom stereocenters. The highest BCUT2D eigenvalue weighted by atomic mass is 35.5. The number of imidazole rings is 1. The number of aryl methyl sites for hydroxylation is 1. The van der Waals surface area contributed by atoms with Crippen molar-refractivity contribution in [3.05, 3.63) is 29.1 Å². The number of carboxylic acid groups (broad SMARTS) is 1. The molecule has 2 heterocycles. The van der Waals surface area contributed by atoms with Gasteiger partial charge in [0.15, 0.2) is 0 Å². The topological polar surface area (TPSA) is 85.8 Å². The number of aliphatic carboxylic acids is 1. The van der Waals surface area contributed by atoms with Gasteiger partial charge in [0.05, 0.1) is 11.9 Å². The largest absolute Gasteiger partial charge is 0.481 e. The molecular weight excluding hydrogens is 282 g/mol. The van der Waals surface area contributed by atoms with Crippen molar-refractivity contribution >= 4 is 17.6 Å². The Kier molecular flexibility index (Phi) is 4.73. The van der Waals surface area contributed by atoms with Gasteiger partial charge in [-0.2, -0.15) is 0 Å². The highest BCUT2D eigenvalue weighted by Gasteiger charge is 2.07. The molecule has 7 nitrogen and oxygen atoms in total. The smallest absolute Gasteiger partial charge is 0.303 e. The first-order valence-corrected chi connectivity index (χ1v) is 6.71. The van der Waals surface area contributed by atoms with Gasteiger partial charge in [-0.05, 0) is 19.3 Å². The lowest BCUT2D eigenvalue weighted by molar-refractivity contribution is -0.137. The normalized spacial score (nSPS) is 10.9. The van der Waals surface area contributed by atoms with Crippen LogP contribution in [0.5, 0.6) is 0 Å². The quantitative estimate of drug-likeness (QED) is 0.783. The summed E-state index contributed by atoms with van der Waals surface area (Å²) in [4.78, 5) is 14.6. The van der Waals surface area contributed by atoms with Crippen molar-refractivity contribution in [2.75, 3.05) is 0 Å². The number of rotatable bonds is 7. The molecule has 0 amide bonds. The summed E-state index contributed by atoms with van der Waals surface area (Å²) in [6.45, 7) is 0.505. The van der Waals surface area contributed by atoms with Crippen LogP contribution in [0.4, 0.5) is 0 Å². The number of nitrogens with zero attached hydrogens (tertiary/aromatic N) is 5. The van der Waals surface area contributed by atoms with E-state index in [9.17, 15) is 4.79 Å². The van der Waals surface area contributed by atoms with Gasteiger partial charge in [0, 0.05) is 19.7 Å². The molecule has 0 aliphatic heterocycles. The second-order valence-electron chi connectivity index (χ2n) is 4.56. The van der Waals surface area contributed by atoms with E-state index in [-0.39, 0.29) is 6.42 Å². The van der Waals surface area contributed by atoms with Gasteiger partial charge >= 0.3 is 5.97 Å². The van der Waals surface area contributed by atoms with Crippen LogP contribution in [0.1, 0.15) is 30.8 Å². The zero-order valence-electron chi connectivity index (χ0n) is 11.2. The molecule has 20 heavy (non-hydrogen) atoms. The molecule has 0 aliphatic rings. The highest BCUT2D eigenvalue weighted by molar-refractivity contribution is 6.29. The summed E-state index contributed by atoms with van der Waals surface area (Å²) in [5.74, 6) is 0.0395. The third-order valence-corrected chi connectivity index (χ3v) is 3.34. The Bertz CT molecular complexity index is 592. The SMILES string of the molecule is Cn1c(Cl)cnc1Cn1cc(CCCCC(=O)O)nn1. The van der Waals surface area contributed by atoms with E-state index in [1.165, 1.54) is 0 Å². The van der Waals surface area contributed by atoms with Gasteiger partial charge < -0.3 is 9.67 Å². The maximum atomic E-state index is 10.4. The summed E-state index contributed by atoms with van der Waals surface area (Å²) < 4.78 is 3.49. The van der Waals surface area contributed by atoms with Crippen LogP contribution in [0.15, 0.2) is 12.4 Å². The minimum absolute atomic E-state index is 0.194. The van der Waals surface area contributed by atoms with E-state index in [0.29, 0.717) is 18.1 Å². The average molecular weight is 298 g/mol. The van der Waals surface area contributed by atoms with Gasteiger partial charge in [-0.15, -0.1) is 5.10 Å². The number of carboxylic acids is 1. The van der Waals surface area contributed by atoms with E-state index >= 15 is 0 Å². The van der Waals surface area contributed by atoms with Crippen molar-refractivity contribution in [2.24, 2.45) is 7.05 Å². The van der Waals surface area contributed by atoms with Crippen molar-refractivity contribution in [3.8, 4) is 0 Å². The molecule has 0 aromatic carbocycles. The predicted molar refractivity (Wildman–Crippen MR) is 72.5 cm³/mol. The standard InChI is InChI=1S/C12H16ClN5O2/c1-17-10(13)6-14-11(17)8-18-7-9(15-16-18)4-2-3-5-12(19)20/h6-7H,2-5,8H2,1H3,(H,19,20). The lowest BCUT2D eigenvalue weighted by Crippen LogP contribution is -2.06. The number of aromatic nitrogens is 5. The third-order valence-electron chi connectivity index (χ3n) is 2.99. The Morgan fingerprint density at radius 1 is 1.45 bits per heavy atom.